The molecule has 13 nitrogen and oxygen atoms in total. The van der Waals surface area contributed by atoms with Crippen LogP contribution in [0.25, 0.3) is 0 Å². The fourth-order valence-electron chi connectivity index (χ4n) is 4.39. The van der Waals surface area contributed by atoms with Crippen LogP contribution in [0.3, 0.4) is 0 Å². The van der Waals surface area contributed by atoms with Gasteiger partial charge in [-0.05, 0) is 61.4 Å². The highest BCUT2D eigenvalue weighted by molar-refractivity contribution is 7.89. The zero-order chi connectivity index (χ0) is 29.4. The van der Waals surface area contributed by atoms with Gasteiger partial charge in [0.05, 0.1) is 24.8 Å². The van der Waals surface area contributed by atoms with E-state index in [2.05, 4.69) is 30.2 Å². The van der Waals surface area contributed by atoms with E-state index in [4.69, 9.17) is 9.47 Å². The molecule has 4 N–H and O–H groups in total. The summed E-state index contributed by atoms with van der Waals surface area (Å²) in [6, 6.07) is 10.9. The fourth-order valence-corrected chi connectivity index (χ4v) is 5.58. The molecule has 0 bridgehead atoms. The monoisotopic (exact) mass is 584 g/mol. The van der Waals surface area contributed by atoms with Crippen molar-refractivity contribution in [2.45, 2.75) is 29.8 Å². The minimum Gasteiger partial charge on any atom is -0.497 e. The van der Waals surface area contributed by atoms with Gasteiger partial charge in [-0.25, -0.2) is 18.4 Å². The summed E-state index contributed by atoms with van der Waals surface area (Å²) in [5, 5.41) is 15.4. The van der Waals surface area contributed by atoms with E-state index in [0.29, 0.717) is 17.4 Å². The van der Waals surface area contributed by atoms with Gasteiger partial charge in [0.15, 0.2) is 0 Å². The smallest absolute Gasteiger partial charge is 0.323 e. The van der Waals surface area contributed by atoms with Crippen LogP contribution >= 0.6 is 0 Å². The predicted molar refractivity (Wildman–Crippen MR) is 151 cm³/mol. The summed E-state index contributed by atoms with van der Waals surface area (Å²) < 4.78 is 38.1. The van der Waals surface area contributed by atoms with Crippen molar-refractivity contribution in [1.82, 2.24) is 20.0 Å². The molecule has 0 unspecified atom stereocenters. The van der Waals surface area contributed by atoms with Crippen molar-refractivity contribution in [3.8, 4) is 11.5 Å². The van der Waals surface area contributed by atoms with Gasteiger partial charge in [-0.3, -0.25) is 9.59 Å². The highest BCUT2D eigenvalue weighted by Gasteiger charge is 2.27. The van der Waals surface area contributed by atoms with E-state index in [0.717, 1.165) is 31.6 Å². The third-order valence-electron chi connectivity index (χ3n) is 6.61. The van der Waals surface area contributed by atoms with Gasteiger partial charge in [0.25, 0.3) is 5.91 Å². The SMILES string of the molecule is COc1ccc(S(=O)(=O)N[C@@H](CNC(=O)c2ccc(N3CCC(Nc4ncccn4)CC3)c(OC)c2)C(=O)O)cc1. The Hall–Kier alpha value is -4.43. The predicted octanol–water partition coefficient (Wildman–Crippen LogP) is 1.74. The van der Waals surface area contributed by atoms with Crippen LogP contribution in [-0.2, 0) is 14.8 Å². The molecular formula is C27H32N6O7S. The van der Waals surface area contributed by atoms with E-state index >= 15 is 0 Å². The molecule has 41 heavy (non-hydrogen) atoms. The minimum atomic E-state index is -4.17. The average Bonchev–Trinajstić information content (AvgIpc) is 2.99. The molecule has 3 aromatic rings. The summed E-state index contributed by atoms with van der Waals surface area (Å²) in [6.07, 6.45) is 5.09. The Morgan fingerprint density at radius 3 is 2.34 bits per heavy atom. The van der Waals surface area contributed by atoms with Crippen molar-refractivity contribution in [2.24, 2.45) is 0 Å². The number of piperidine rings is 1. The lowest BCUT2D eigenvalue weighted by Gasteiger charge is -2.34. The molecule has 1 atom stereocenters. The fraction of sp³-hybridized carbons (Fsp3) is 0.333. The summed E-state index contributed by atoms with van der Waals surface area (Å²) in [7, 11) is -1.21. The number of amides is 1. The Balaban J connectivity index is 1.36. The van der Waals surface area contributed by atoms with Crippen molar-refractivity contribution < 1.29 is 32.6 Å². The first kappa shape index (κ1) is 29.6. The summed E-state index contributed by atoms with van der Waals surface area (Å²) in [6.45, 7) is 1.03. The van der Waals surface area contributed by atoms with Gasteiger partial charge in [-0.1, -0.05) is 0 Å². The van der Waals surface area contributed by atoms with Gasteiger partial charge in [-0.15, -0.1) is 0 Å². The minimum absolute atomic E-state index is 0.135. The summed E-state index contributed by atoms with van der Waals surface area (Å²) >= 11 is 0. The topological polar surface area (TPSA) is 172 Å². The highest BCUT2D eigenvalue weighted by Crippen LogP contribution is 2.32. The van der Waals surface area contributed by atoms with Crippen molar-refractivity contribution in [3.63, 3.8) is 0 Å². The third-order valence-corrected chi connectivity index (χ3v) is 8.10. The van der Waals surface area contributed by atoms with Crippen LogP contribution in [0.4, 0.5) is 11.6 Å². The molecular weight excluding hydrogens is 552 g/mol. The number of carboxylic acids is 1. The first-order valence-electron chi connectivity index (χ1n) is 12.8. The first-order chi connectivity index (χ1) is 19.7. The molecule has 14 heteroatoms. The van der Waals surface area contributed by atoms with Gasteiger partial charge in [-0.2, -0.15) is 4.72 Å². The second-order valence-corrected chi connectivity index (χ2v) is 11.0. The number of aliphatic carboxylic acids is 1. The van der Waals surface area contributed by atoms with Crippen molar-refractivity contribution in [1.29, 1.82) is 0 Å². The maximum absolute atomic E-state index is 12.9. The maximum Gasteiger partial charge on any atom is 0.323 e. The lowest BCUT2D eigenvalue weighted by molar-refractivity contribution is -0.138. The first-order valence-corrected chi connectivity index (χ1v) is 14.3. The molecule has 0 spiro atoms. The Kier molecular flexibility index (Phi) is 9.57. The van der Waals surface area contributed by atoms with Crippen molar-refractivity contribution in [2.75, 3.05) is 44.1 Å². The highest BCUT2D eigenvalue weighted by atomic mass is 32.2. The van der Waals surface area contributed by atoms with Gasteiger partial charge in [0.2, 0.25) is 16.0 Å². The van der Waals surface area contributed by atoms with Crippen LogP contribution in [0.15, 0.2) is 65.8 Å². The zero-order valence-corrected chi connectivity index (χ0v) is 23.4. The quantitative estimate of drug-likeness (QED) is 0.244. The molecule has 1 aliphatic rings. The number of hydrogen-bond acceptors (Lipinski definition) is 10. The van der Waals surface area contributed by atoms with E-state index in [-0.39, 0.29) is 16.5 Å². The number of hydrogen-bond donors (Lipinski definition) is 4. The Labute approximate surface area is 238 Å². The van der Waals surface area contributed by atoms with E-state index in [1.807, 2.05) is 0 Å². The van der Waals surface area contributed by atoms with Crippen molar-refractivity contribution in [3.05, 3.63) is 66.5 Å². The summed E-state index contributed by atoms with van der Waals surface area (Å²) in [4.78, 5) is 35.1. The molecule has 1 saturated heterocycles. The average molecular weight is 585 g/mol. The number of nitrogens with one attached hydrogen (secondary N) is 3. The number of anilines is 2. The van der Waals surface area contributed by atoms with Gasteiger partial charge in [0.1, 0.15) is 17.5 Å². The number of benzene rings is 2. The standard InChI is InChI=1S/C27H32N6O7S/c1-39-20-5-7-21(8-6-20)41(37,38)32-22(26(35)36)17-30-25(34)18-4-9-23(24(16-18)40-2)33-14-10-19(11-15-33)31-27-28-12-3-13-29-27/h3-9,12-13,16,19,22,32H,10-11,14-15,17H2,1-2H3,(H,30,34)(H,35,36)(H,28,29,31)/t22-/m0/s1. The van der Waals surface area contributed by atoms with Crippen molar-refractivity contribution >= 4 is 33.5 Å². The van der Waals surface area contributed by atoms with Gasteiger partial charge >= 0.3 is 5.97 Å². The van der Waals surface area contributed by atoms with Crippen LogP contribution in [-0.4, -0.2) is 81.3 Å². The summed E-state index contributed by atoms with van der Waals surface area (Å²) in [5.41, 5.74) is 1.07. The summed E-state index contributed by atoms with van der Waals surface area (Å²) in [5.74, 6) is -0.474. The number of aromatic nitrogens is 2. The van der Waals surface area contributed by atoms with E-state index in [1.165, 1.54) is 38.5 Å². The third kappa shape index (κ3) is 7.61. The normalized spacial score (nSPS) is 14.6. The Bertz CT molecular complexity index is 1450. The second-order valence-electron chi connectivity index (χ2n) is 9.26. The number of rotatable bonds is 12. The number of nitrogens with zero attached hydrogens (tertiary/aromatic N) is 3. The number of carboxylic acid groups (broad SMARTS) is 1. The number of ether oxygens (including phenoxy) is 2. The molecule has 1 aromatic heterocycles. The lowest BCUT2D eigenvalue weighted by Crippen LogP contribution is -2.48. The maximum atomic E-state index is 12.9. The molecule has 0 saturated carbocycles. The molecule has 1 aliphatic heterocycles. The molecule has 1 fully saturated rings. The number of methoxy groups -OCH3 is 2. The molecule has 0 radical (unpaired) electrons. The Morgan fingerprint density at radius 2 is 1.73 bits per heavy atom. The van der Waals surface area contributed by atoms with E-state index < -0.39 is 34.5 Å². The van der Waals surface area contributed by atoms with Crippen LogP contribution in [0.1, 0.15) is 23.2 Å². The van der Waals surface area contributed by atoms with Gasteiger partial charge in [0, 0.05) is 43.6 Å². The number of carbonyl (C=O) groups excluding carboxylic acids is 1. The molecule has 4 rings (SSSR count). The second kappa shape index (κ2) is 13.3. The zero-order valence-electron chi connectivity index (χ0n) is 22.6. The molecule has 1 amide bonds. The number of carbonyl (C=O) groups is 2. The van der Waals surface area contributed by atoms with Crippen LogP contribution in [0.5, 0.6) is 11.5 Å². The van der Waals surface area contributed by atoms with Crippen LogP contribution in [0.2, 0.25) is 0 Å². The molecule has 2 aromatic carbocycles. The number of sulfonamides is 1. The van der Waals surface area contributed by atoms with E-state index in [9.17, 15) is 23.1 Å². The van der Waals surface area contributed by atoms with E-state index in [1.54, 1.807) is 36.7 Å². The molecule has 0 aliphatic carbocycles. The molecule has 2 heterocycles. The lowest BCUT2D eigenvalue weighted by atomic mass is 10.0. The largest absolute Gasteiger partial charge is 0.497 e. The van der Waals surface area contributed by atoms with Crippen LogP contribution in [0, 0.1) is 0 Å². The molecule has 218 valence electrons. The Morgan fingerprint density at radius 1 is 1.05 bits per heavy atom. The van der Waals surface area contributed by atoms with Gasteiger partial charge < -0.3 is 30.1 Å². The van der Waals surface area contributed by atoms with Crippen LogP contribution < -0.4 is 29.7 Å².